The van der Waals surface area contributed by atoms with Crippen molar-refractivity contribution in [2.75, 3.05) is 61.6 Å². The Kier molecular flexibility index (Phi) is 5.98. The number of hydrogen-bond acceptors (Lipinski definition) is 7. The number of aromatic nitrogens is 3. The molecular weight excluding hydrogens is 268 g/mol. The highest BCUT2D eigenvalue weighted by Crippen LogP contribution is 2.20. The fourth-order valence-corrected chi connectivity index (χ4v) is 2.39. The molecule has 0 saturated carbocycles. The van der Waals surface area contributed by atoms with E-state index in [1.54, 1.807) is 7.11 Å². The predicted molar refractivity (Wildman–Crippen MR) is 85.2 cm³/mol. The summed E-state index contributed by atoms with van der Waals surface area (Å²) in [6.45, 7) is 9.28. The number of anilines is 3. The van der Waals surface area contributed by atoms with Crippen molar-refractivity contribution in [2.45, 2.75) is 26.7 Å². The van der Waals surface area contributed by atoms with Gasteiger partial charge in [0.1, 0.15) is 0 Å². The molecule has 7 nitrogen and oxygen atoms in total. The van der Waals surface area contributed by atoms with Gasteiger partial charge in [-0.05, 0) is 26.7 Å². The van der Waals surface area contributed by atoms with E-state index in [0.717, 1.165) is 44.6 Å². The first-order valence-electron chi connectivity index (χ1n) is 7.77. The van der Waals surface area contributed by atoms with Crippen LogP contribution in [0.4, 0.5) is 17.8 Å². The maximum atomic E-state index is 5.16. The van der Waals surface area contributed by atoms with Crippen LogP contribution in [0, 0.1) is 0 Å². The number of ether oxygens (including phenoxy) is 1. The van der Waals surface area contributed by atoms with Crippen LogP contribution in [-0.4, -0.2) is 61.4 Å². The van der Waals surface area contributed by atoms with E-state index in [-0.39, 0.29) is 0 Å². The third-order valence-corrected chi connectivity index (χ3v) is 3.57. The molecule has 1 saturated heterocycles. The molecule has 0 aromatic carbocycles. The van der Waals surface area contributed by atoms with Gasteiger partial charge in [-0.25, -0.2) is 0 Å². The Morgan fingerprint density at radius 3 is 2.57 bits per heavy atom. The molecular formula is C14H26N6O. The summed E-state index contributed by atoms with van der Waals surface area (Å²) in [5.41, 5.74) is 0. The SMILES string of the molecule is CCNc1nc(N(CC)CCOC)nc(N2CCCC2)n1. The summed E-state index contributed by atoms with van der Waals surface area (Å²) in [6.07, 6.45) is 2.41. The van der Waals surface area contributed by atoms with Crippen LogP contribution >= 0.6 is 0 Å². The molecule has 0 aliphatic carbocycles. The third-order valence-electron chi connectivity index (χ3n) is 3.57. The van der Waals surface area contributed by atoms with Crippen LogP contribution in [0.2, 0.25) is 0 Å². The normalized spacial score (nSPS) is 14.5. The number of methoxy groups -OCH3 is 1. The van der Waals surface area contributed by atoms with Gasteiger partial charge in [0.2, 0.25) is 17.8 Å². The van der Waals surface area contributed by atoms with E-state index in [2.05, 4.69) is 37.0 Å². The zero-order chi connectivity index (χ0) is 15.1. The van der Waals surface area contributed by atoms with Crippen LogP contribution < -0.4 is 15.1 Å². The molecule has 0 atom stereocenters. The lowest BCUT2D eigenvalue weighted by Crippen LogP contribution is -2.30. The Labute approximate surface area is 126 Å². The molecule has 0 unspecified atom stereocenters. The topological polar surface area (TPSA) is 66.4 Å². The minimum atomic E-state index is 0.653. The fraction of sp³-hybridized carbons (Fsp3) is 0.786. The smallest absolute Gasteiger partial charge is 0.232 e. The molecule has 2 heterocycles. The van der Waals surface area contributed by atoms with E-state index >= 15 is 0 Å². The van der Waals surface area contributed by atoms with E-state index in [1.807, 2.05) is 6.92 Å². The lowest BCUT2D eigenvalue weighted by Gasteiger charge is -2.23. The second-order valence-electron chi connectivity index (χ2n) is 5.06. The zero-order valence-electron chi connectivity index (χ0n) is 13.3. The van der Waals surface area contributed by atoms with Crippen molar-refractivity contribution in [2.24, 2.45) is 0 Å². The van der Waals surface area contributed by atoms with Crippen LogP contribution in [0.1, 0.15) is 26.7 Å². The molecule has 0 amide bonds. The standard InChI is InChI=1S/C14H26N6O/c1-4-15-12-16-13(19(5-2)10-11-21-3)18-14(17-12)20-8-6-7-9-20/h4-11H2,1-3H3,(H,15,16,17,18). The van der Waals surface area contributed by atoms with Crippen LogP contribution in [-0.2, 0) is 4.74 Å². The van der Waals surface area contributed by atoms with Gasteiger partial charge in [0.25, 0.3) is 0 Å². The van der Waals surface area contributed by atoms with E-state index in [1.165, 1.54) is 12.8 Å². The summed E-state index contributed by atoms with van der Waals surface area (Å²) in [5.74, 6) is 2.16. The van der Waals surface area contributed by atoms with Gasteiger partial charge in [0.05, 0.1) is 6.61 Å². The molecule has 1 aliphatic rings. The molecule has 0 spiro atoms. The Hall–Kier alpha value is -1.63. The molecule has 118 valence electrons. The molecule has 1 aliphatic heterocycles. The highest BCUT2D eigenvalue weighted by atomic mass is 16.5. The minimum Gasteiger partial charge on any atom is -0.383 e. The summed E-state index contributed by atoms with van der Waals surface area (Å²) in [7, 11) is 1.71. The Morgan fingerprint density at radius 2 is 1.95 bits per heavy atom. The van der Waals surface area contributed by atoms with Crippen molar-refractivity contribution < 1.29 is 4.74 Å². The first kappa shape index (κ1) is 15.8. The predicted octanol–water partition coefficient (Wildman–Crippen LogP) is 1.38. The second kappa shape index (κ2) is 7.97. The van der Waals surface area contributed by atoms with Crippen LogP contribution in [0.3, 0.4) is 0 Å². The van der Waals surface area contributed by atoms with Gasteiger partial charge in [-0.15, -0.1) is 0 Å². The van der Waals surface area contributed by atoms with Crippen molar-refractivity contribution in [3.05, 3.63) is 0 Å². The summed E-state index contributed by atoms with van der Waals surface area (Å²) < 4.78 is 5.16. The Morgan fingerprint density at radius 1 is 1.19 bits per heavy atom. The Bertz CT molecular complexity index is 435. The van der Waals surface area contributed by atoms with Crippen LogP contribution in [0.5, 0.6) is 0 Å². The van der Waals surface area contributed by atoms with Crippen molar-refractivity contribution in [1.29, 1.82) is 0 Å². The largest absolute Gasteiger partial charge is 0.383 e. The van der Waals surface area contributed by atoms with Crippen molar-refractivity contribution in [3.63, 3.8) is 0 Å². The summed E-state index contributed by atoms with van der Waals surface area (Å²) in [6, 6.07) is 0. The highest BCUT2D eigenvalue weighted by molar-refractivity contribution is 5.45. The minimum absolute atomic E-state index is 0.653. The monoisotopic (exact) mass is 294 g/mol. The van der Waals surface area contributed by atoms with Gasteiger partial charge in [0.15, 0.2) is 0 Å². The van der Waals surface area contributed by atoms with Gasteiger partial charge in [-0.1, -0.05) is 0 Å². The molecule has 0 radical (unpaired) electrons. The summed E-state index contributed by atoms with van der Waals surface area (Å²) in [4.78, 5) is 18.1. The van der Waals surface area contributed by atoms with Crippen LogP contribution in [0.15, 0.2) is 0 Å². The Balaban J connectivity index is 2.24. The summed E-state index contributed by atoms with van der Waals surface area (Å²) >= 11 is 0. The molecule has 2 rings (SSSR count). The van der Waals surface area contributed by atoms with E-state index < -0.39 is 0 Å². The van der Waals surface area contributed by atoms with Gasteiger partial charge in [-0.2, -0.15) is 15.0 Å². The maximum absolute atomic E-state index is 5.16. The number of nitrogens with one attached hydrogen (secondary N) is 1. The molecule has 1 aromatic rings. The lowest BCUT2D eigenvalue weighted by molar-refractivity contribution is 0.205. The first-order valence-corrected chi connectivity index (χ1v) is 7.77. The molecule has 21 heavy (non-hydrogen) atoms. The maximum Gasteiger partial charge on any atom is 0.232 e. The fourth-order valence-electron chi connectivity index (χ4n) is 2.39. The molecule has 1 aromatic heterocycles. The summed E-state index contributed by atoms with van der Waals surface area (Å²) in [5, 5.41) is 3.20. The van der Waals surface area contributed by atoms with Crippen molar-refractivity contribution in [3.8, 4) is 0 Å². The number of nitrogens with zero attached hydrogens (tertiary/aromatic N) is 5. The van der Waals surface area contributed by atoms with Gasteiger partial charge >= 0.3 is 0 Å². The zero-order valence-corrected chi connectivity index (χ0v) is 13.3. The number of hydrogen-bond donors (Lipinski definition) is 1. The number of likely N-dealkylation sites (N-methyl/N-ethyl adjacent to an activating group) is 1. The number of rotatable bonds is 8. The second-order valence-corrected chi connectivity index (χ2v) is 5.06. The van der Waals surface area contributed by atoms with Gasteiger partial charge in [-0.3, -0.25) is 0 Å². The molecule has 1 fully saturated rings. The average Bonchev–Trinajstić information content (AvgIpc) is 3.02. The average molecular weight is 294 g/mol. The quantitative estimate of drug-likeness (QED) is 0.777. The van der Waals surface area contributed by atoms with Crippen molar-refractivity contribution in [1.82, 2.24) is 15.0 Å². The van der Waals surface area contributed by atoms with Crippen LogP contribution in [0.25, 0.3) is 0 Å². The van der Waals surface area contributed by atoms with Crippen molar-refractivity contribution >= 4 is 17.8 Å². The van der Waals surface area contributed by atoms with Gasteiger partial charge < -0.3 is 19.9 Å². The molecule has 0 bridgehead atoms. The molecule has 1 N–H and O–H groups in total. The van der Waals surface area contributed by atoms with Gasteiger partial charge in [0, 0.05) is 39.8 Å². The highest BCUT2D eigenvalue weighted by Gasteiger charge is 2.19. The van der Waals surface area contributed by atoms with E-state index in [9.17, 15) is 0 Å². The van der Waals surface area contributed by atoms with E-state index in [4.69, 9.17) is 4.74 Å². The lowest BCUT2D eigenvalue weighted by atomic mass is 10.4. The third kappa shape index (κ3) is 4.17. The first-order chi connectivity index (χ1) is 10.3. The van der Waals surface area contributed by atoms with E-state index in [0.29, 0.717) is 12.6 Å². The molecule has 7 heteroatoms.